The highest BCUT2D eigenvalue weighted by molar-refractivity contribution is 6.32. The molecule has 0 N–H and O–H groups in total. The van der Waals surface area contributed by atoms with Gasteiger partial charge in [-0.15, -0.1) is 11.6 Å². The minimum atomic E-state index is -0.583. The van der Waals surface area contributed by atoms with Crippen LogP contribution in [0.2, 0.25) is 0 Å². The van der Waals surface area contributed by atoms with Gasteiger partial charge in [0.25, 0.3) is 0 Å². The van der Waals surface area contributed by atoms with Crippen molar-refractivity contribution in [3.63, 3.8) is 0 Å². The molecule has 1 atom stereocenters. The third kappa shape index (κ3) is 3.33. The Morgan fingerprint density at radius 1 is 1.35 bits per heavy atom. The fourth-order valence-electron chi connectivity index (χ4n) is 1.86. The number of rotatable bonds is 4. The van der Waals surface area contributed by atoms with Gasteiger partial charge >= 0.3 is 0 Å². The predicted molar refractivity (Wildman–Crippen MR) is 79.7 cm³/mol. The van der Waals surface area contributed by atoms with Gasteiger partial charge in [-0.2, -0.15) is 0 Å². The molecular weight excluding hydrogens is 274 g/mol. The van der Waals surface area contributed by atoms with E-state index in [1.807, 2.05) is 37.3 Å². The van der Waals surface area contributed by atoms with Crippen LogP contribution in [-0.2, 0) is 11.3 Å². The van der Waals surface area contributed by atoms with Crippen LogP contribution in [0.1, 0.15) is 18.2 Å². The molecule has 20 heavy (non-hydrogen) atoms. The molecule has 2 aromatic rings. The van der Waals surface area contributed by atoms with Crippen molar-refractivity contribution < 1.29 is 4.79 Å². The summed E-state index contributed by atoms with van der Waals surface area (Å²) in [5.74, 6) is -0.138. The molecule has 1 unspecified atom stereocenters. The van der Waals surface area contributed by atoms with Crippen LogP contribution in [0.25, 0.3) is 0 Å². The van der Waals surface area contributed by atoms with Gasteiger partial charge in [-0.1, -0.05) is 18.2 Å². The van der Waals surface area contributed by atoms with Crippen molar-refractivity contribution in [2.75, 3.05) is 4.90 Å². The Bertz CT molecular complexity index is 587. The lowest BCUT2D eigenvalue weighted by molar-refractivity contribution is -0.118. The summed E-state index contributed by atoms with van der Waals surface area (Å²) >= 11 is 5.96. The van der Waals surface area contributed by atoms with Crippen LogP contribution in [0.3, 0.4) is 0 Å². The average Bonchev–Trinajstić information content (AvgIpc) is 2.46. The molecule has 1 aromatic carbocycles. The summed E-state index contributed by atoms with van der Waals surface area (Å²) in [5, 5.41) is -0.583. The van der Waals surface area contributed by atoms with E-state index in [1.54, 1.807) is 18.0 Å². The predicted octanol–water partition coefficient (Wildman–Crippen LogP) is 2.95. The summed E-state index contributed by atoms with van der Waals surface area (Å²) in [5.41, 5.74) is 2.58. The van der Waals surface area contributed by atoms with E-state index in [0.717, 1.165) is 16.9 Å². The van der Waals surface area contributed by atoms with Gasteiger partial charge in [0, 0.05) is 23.1 Å². The second-order valence-corrected chi connectivity index (χ2v) is 5.16. The fourth-order valence-corrected chi connectivity index (χ4v) is 1.98. The van der Waals surface area contributed by atoms with Gasteiger partial charge < -0.3 is 4.90 Å². The molecule has 2 rings (SSSR count). The number of nitrogens with zero attached hydrogens (tertiary/aromatic N) is 3. The number of hydrogen-bond acceptors (Lipinski definition) is 3. The van der Waals surface area contributed by atoms with E-state index < -0.39 is 5.38 Å². The number of alkyl halides is 1. The first-order chi connectivity index (χ1) is 9.59. The molecule has 0 saturated carbocycles. The van der Waals surface area contributed by atoms with Crippen LogP contribution in [0, 0.1) is 6.92 Å². The second-order valence-electron chi connectivity index (χ2n) is 4.51. The molecule has 0 fully saturated rings. The molecule has 1 amide bonds. The van der Waals surface area contributed by atoms with Gasteiger partial charge in [0.2, 0.25) is 5.91 Å². The molecule has 4 nitrogen and oxygen atoms in total. The first-order valence-corrected chi connectivity index (χ1v) is 6.79. The topological polar surface area (TPSA) is 46.1 Å². The minimum absolute atomic E-state index is 0.138. The first-order valence-electron chi connectivity index (χ1n) is 6.35. The van der Waals surface area contributed by atoms with Crippen molar-refractivity contribution >= 4 is 23.2 Å². The lowest BCUT2D eigenvalue weighted by atomic mass is 10.2. The average molecular weight is 290 g/mol. The number of halogens is 1. The van der Waals surface area contributed by atoms with Crippen molar-refractivity contribution in [2.24, 2.45) is 0 Å². The number of carbonyl (C=O) groups is 1. The summed E-state index contributed by atoms with van der Waals surface area (Å²) < 4.78 is 0. The van der Waals surface area contributed by atoms with E-state index in [4.69, 9.17) is 11.6 Å². The summed E-state index contributed by atoms with van der Waals surface area (Å²) in [4.78, 5) is 22.1. The van der Waals surface area contributed by atoms with Crippen molar-refractivity contribution in [2.45, 2.75) is 25.8 Å². The number of amides is 1. The molecule has 0 saturated heterocycles. The van der Waals surface area contributed by atoms with Crippen molar-refractivity contribution in [1.82, 2.24) is 9.97 Å². The number of anilines is 1. The Morgan fingerprint density at radius 2 is 2.05 bits per heavy atom. The lowest BCUT2D eigenvalue weighted by Crippen LogP contribution is -2.35. The van der Waals surface area contributed by atoms with Crippen LogP contribution >= 0.6 is 11.6 Å². The van der Waals surface area contributed by atoms with Crippen molar-refractivity contribution in [1.29, 1.82) is 0 Å². The fraction of sp³-hybridized carbons (Fsp3) is 0.267. The number of hydrogen-bond donors (Lipinski definition) is 0. The Morgan fingerprint density at radius 3 is 2.65 bits per heavy atom. The number of carbonyl (C=O) groups excluding carboxylic acids is 1. The standard InChI is InChI=1S/C15H16ClN3O/c1-11(16)15(20)19(14-6-4-3-5-7-14)9-13-8-17-10-18-12(13)2/h3-8,10-11H,9H2,1-2H3. The summed E-state index contributed by atoms with van der Waals surface area (Å²) in [6.07, 6.45) is 3.22. The zero-order chi connectivity index (χ0) is 14.5. The molecule has 0 aliphatic heterocycles. The summed E-state index contributed by atoms with van der Waals surface area (Å²) in [6, 6.07) is 9.46. The smallest absolute Gasteiger partial charge is 0.245 e. The van der Waals surface area contributed by atoms with E-state index in [2.05, 4.69) is 9.97 Å². The third-order valence-electron chi connectivity index (χ3n) is 3.02. The Balaban J connectivity index is 2.33. The van der Waals surface area contributed by atoms with Gasteiger partial charge in [0.15, 0.2) is 0 Å². The molecule has 0 aliphatic carbocycles. The van der Waals surface area contributed by atoms with Gasteiger partial charge in [-0.05, 0) is 26.0 Å². The number of aromatic nitrogens is 2. The molecule has 0 bridgehead atoms. The SMILES string of the molecule is Cc1ncncc1CN(C(=O)C(C)Cl)c1ccccc1. The van der Waals surface area contributed by atoms with Crippen molar-refractivity contribution in [3.05, 3.63) is 54.1 Å². The molecule has 104 valence electrons. The van der Waals surface area contributed by atoms with Crippen LogP contribution in [0.5, 0.6) is 0 Å². The van der Waals surface area contributed by atoms with E-state index >= 15 is 0 Å². The Labute approximate surface area is 123 Å². The van der Waals surface area contributed by atoms with Crippen LogP contribution in [-0.4, -0.2) is 21.3 Å². The van der Waals surface area contributed by atoms with E-state index in [-0.39, 0.29) is 5.91 Å². The largest absolute Gasteiger partial charge is 0.307 e. The van der Waals surface area contributed by atoms with E-state index in [9.17, 15) is 4.79 Å². The Hall–Kier alpha value is -1.94. The highest BCUT2D eigenvalue weighted by Gasteiger charge is 2.21. The second kappa shape index (κ2) is 6.48. The molecule has 5 heteroatoms. The Kier molecular flexibility index (Phi) is 4.69. The van der Waals surface area contributed by atoms with Gasteiger partial charge in [-0.3, -0.25) is 4.79 Å². The maximum Gasteiger partial charge on any atom is 0.245 e. The third-order valence-corrected chi connectivity index (χ3v) is 3.20. The van der Waals surface area contributed by atoms with E-state index in [0.29, 0.717) is 6.54 Å². The molecular formula is C15H16ClN3O. The van der Waals surface area contributed by atoms with E-state index in [1.165, 1.54) is 6.33 Å². The van der Waals surface area contributed by atoms with Crippen LogP contribution < -0.4 is 4.90 Å². The maximum atomic E-state index is 12.3. The lowest BCUT2D eigenvalue weighted by Gasteiger charge is -2.24. The zero-order valence-corrected chi connectivity index (χ0v) is 12.2. The van der Waals surface area contributed by atoms with Gasteiger partial charge in [0.05, 0.1) is 6.54 Å². The normalized spacial score (nSPS) is 11.9. The highest BCUT2D eigenvalue weighted by Crippen LogP contribution is 2.19. The first kappa shape index (κ1) is 14.5. The quantitative estimate of drug-likeness (QED) is 0.813. The van der Waals surface area contributed by atoms with Crippen LogP contribution in [0.15, 0.2) is 42.9 Å². The minimum Gasteiger partial charge on any atom is -0.307 e. The van der Waals surface area contributed by atoms with Gasteiger partial charge in [-0.25, -0.2) is 9.97 Å². The maximum absolute atomic E-state index is 12.3. The zero-order valence-electron chi connectivity index (χ0n) is 11.5. The van der Waals surface area contributed by atoms with Crippen molar-refractivity contribution in [3.8, 4) is 0 Å². The molecule has 0 radical (unpaired) electrons. The van der Waals surface area contributed by atoms with Crippen LogP contribution in [0.4, 0.5) is 5.69 Å². The van der Waals surface area contributed by atoms with Gasteiger partial charge in [0.1, 0.15) is 11.7 Å². The monoisotopic (exact) mass is 289 g/mol. The molecule has 1 aromatic heterocycles. The summed E-state index contributed by atoms with van der Waals surface area (Å²) in [6.45, 7) is 3.98. The number of para-hydroxylation sites is 1. The summed E-state index contributed by atoms with van der Waals surface area (Å²) in [7, 11) is 0. The highest BCUT2D eigenvalue weighted by atomic mass is 35.5. The molecule has 0 aliphatic rings. The number of benzene rings is 1. The molecule has 0 spiro atoms. The molecule has 1 heterocycles. The number of aryl methyl sites for hydroxylation is 1.